The highest BCUT2D eigenvalue weighted by atomic mass is 16.5. The van der Waals surface area contributed by atoms with Crippen molar-refractivity contribution in [3.05, 3.63) is 48.0 Å². The highest BCUT2D eigenvalue weighted by molar-refractivity contribution is 5.95. The average Bonchev–Trinajstić information content (AvgIpc) is 2.41. The van der Waals surface area contributed by atoms with E-state index in [9.17, 15) is 4.79 Å². The molecule has 5 nitrogen and oxygen atoms in total. The zero-order valence-electron chi connectivity index (χ0n) is 10.5. The fraction of sp³-hybridized carbons (Fsp3) is 0.0714. The number of nitrogens with two attached hydrogens (primary N) is 2. The topological polar surface area (TPSA) is 90.4 Å². The number of anilines is 3. The van der Waals surface area contributed by atoms with Gasteiger partial charge in [0, 0.05) is 11.3 Å². The summed E-state index contributed by atoms with van der Waals surface area (Å²) in [6.07, 6.45) is 0. The van der Waals surface area contributed by atoms with E-state index in [2.05, 4.69) is 5.32 Å². The van der Waals surface area contributed by atoms with E-state index >= 15 is 0 Å². The molecule has 0 saturated heterocycles. The number of methoxy groups -OCH3 is 1. The molecule has 0 aliphatic rings. The molecule has 0 aromatic heterocycles. The SMILES string of the molecule is COc1ccc(Nc2ccc(C(N)=O)cc2N)cc1. The van der Waals surface area contributed by atoms with Gasteiger partial charge in [0.2, 0.25) is 5.91 Å². The van der Waals surface area contributed by atoms with Crippen LogP contribution >= 0.6 is 0 Å². The molecule has 2 rings (SSSR count). The summed E-state index contributed by atoms with van der Waals surface area (Å²) >= 11 is 0. The first-order valence-corrected chi connectivity index (χ1v) is 5.70. The van der Waals surface area contributed by atoms with Gasteiger partial charge < -0.3 is 21.5 Å². The van der Waals surface area contributed by atoms with Crippen molar-refractivity contribution in [3.8, 4) is 5.75 Å². The maximum atomic E-state index is 11.0. The molecule has 2 aromatic carbocycles. The average molecular weight is 257 g/mol. The first kappa shape index (κ1) is 12.8. The van der Waals surface area contributed by atoms with E-state index in [1.54, 1.807) is 25.3 Å². The predicted molar refractivity (Wildman–Crippen MR) is 75.6 cm³/mol. The van der Waals surface area contributed by atoms with E-state index in [-0.39, 0.29) is 0 Å². The van der Waals surface area contributed by atoms with Crippen LogP contribution in [0.15, 0.2) is 42.5 Å². The lowest BCUT2D eigenvalue weighted by molar-refractivity contribution is 0.100. The lowest BCUT2D eigenvalue weighted by Crippen LogP contribution is -2.11. The van der Waals surface area contributed by atoms with Gasteiger partial charge in [-0.15, -0.1) is 0 Å². The minimum Gasteiger partial charge on any atom is -0.497 e. The van der Waals surface area contributed by atoms with Crippen LogP contribution in [0, 0.1) is 0 Å². The Balaban J connectivity index is 2.20. The van der Waals surface area contributed by atoms with Gasteiger partial charge in [0.25, 0.3) is 0 Å². The summed E-state index contributed by atoms with van der Waals surface area (Å²) in [6, 6.07) is 12.3. The molecule has 1 amide bonds. The van der Waals surface area contributed by atoms with Gasteiger partial charge in [-0.1, -0.05) is 0 Å². The Hall–Kier alpha value is -2.69. The summed E-state index contributed by atoms with van der Waals surface area (Å²) in [5.41, 5.74) is 13.5. The second-order valence-electron chi connectivity index (χ2n) is 4.02. The Labute approximate surface area is 111 Å². The standard InChI is InChI=1S/C14H15N3O2/c1-19-11-5-3-10(4-6-11)17-13-7-2-9(14(16)18)8-12(13)15/h2-8,17H,15H2,1H3,(H2,16,18). The Morgan fingerprint density at radius 3 is 2.37 bits per heavy atom. The monoisotopic (exact) mass is 257 g/mol. The van der Waals surface area contributed by atoms with E-state index in [4.69, 9.17) is 16.2 Å². The second-order valence-corrected chi connectivity index (χ2v) is 4.02. The molecule has 0 heterocycles. The highest BCUT2D eigenvalue weighted by Gasteiger charge is 2.05. The minimum absolute atomic E-state index is 0.387. The van der Waals surface area contributed by atoms with Crippen LogP contribution in [0.4, 0.5) is 17.1 Å². The number of carbonyl (C=O) groups excluding carboxylic acids is 1. The van der Waals surface area contributed by atoms with E-state index in [1.807, 2.05) is 24.3 Å². The molecule has 98 valence electrons. The van der Waals surface area contributed by atoms with Gasteiger partial charge in [0.1, 0.15) is 5.75 Å². The van der Waals surface area contributed by atoms with Crippen LogP contribution in [0.5, 0.6) is 5.75 Å². The molecule has 0 radical (unpaired) electrons. The van der Waals surface area contributed by atoms with Crippen LogP contribution in [-0.4, -0.2) is 13.0 Å². The Morgan fingerprint density at radius 2 is 1.84 bits per heavy atom. The van der Waals surface area contributed by atoms with Crippen LogP contribution < -0.4 is 21.5 Å². The summed E-state index contributed by atoms with van der Waals surface area (Å²) in [7, 11) is 1.61. The highest BCUT2D eigenvalue weighted by Crippen LogP contribution is 2.25. The third-order valence-corrected chi connectivity index (χ3v) is 2.71. The number of hydrogen-bond acceptors (Lipinski definition) is 4. The maximum absolute atomic E-state index is 11.0. The molecule has 19 heavy (non-hydrogen) atoms. The molecule has 0 aliphatic carbocycles. The maximum Gasteiger partial charge on any atom is 0.248 e. The largest absolute Gasteiger partial charge is 0.497 e. The van der Waals surface area contributed by atoms with Crippen molar-refractivity contribution in [2.24, 2.45) is 5.73 Å². The van der Waals surface area contributed by atoms with Crippen molar-refractivity contribution < 1.29 is 9.53 Å². The third kappa shape index (κ3) is 2.95. The van der Waals surface area contributed by atoms with Crippen LogP contribution in [0.25, 0.3) is 0 Å². The van der Waals surface area contributed by atoms with Gasteiger partial charge in [0.15, 0.2) is 0 Å². The van der Waals surface area contributed by atoms with E-state index in [0.29, 0.717) is 11.3 Å². The van der Waals surface area contributed by atoms with Gasteiger partial charge in [0.05, 0.1) is 18.5 Å². The molecule has 0 fully saturated rings. The number of nitrogen functional groups attached to an aromatic ring is 1. The minimum atomic E-state index is -0.498. The molecular formula is C14H15N3O2. The third-order valence-electron chi connectivity index (χ3n) is 2.71. The van der Waals surface area contributed by atoms with Gasteiger partial charge in [-0.3, -0.25) is 4.79 Å². The quantitative estimate of drug-likeness (QED) is 0.732. The summed E-state index contributed by atoms with van der Waals surface area (Å²) in [5, 5.41) is 3.16. The van der Waals surface area contributed by atoms with Gasteiger partial charge in [-0.25, -0.2) is 0 Å². The number of ether oxygens (including phenoxy) is 1. The number of hydrogen-bond donors (Lipinski definition) is 3. The van der Waals surface area contributed by atoms with Crippen LogP contribution in [-0.2, 0) is 0 Å². The van der Waals surface area contributed by atoms with Crippen molar-refractivity contribution in [3.63, 3.8) is 0 Å². The summed E-state index contributed by atoms with van der Waals surface area (Å²) in [4.78, 5) is 11.0. The molecule has 0 saturated carbocycles. The zero-order valence-corrected chi connectivity index (χ0v) is 10.5. The molecule has 5 N–H and O–H groups in total. The van der Waals surface area contributed by atoms with Crippen LogP contribution in [0.2, 0.25) is 0 Å². The van der Waals surface area contributed by atoms with Crippen molar-refractivity contribution in [2.75, 3.05) is 18.2 Å². The molecular weight excluding hydrogens is 242 g/mol. The fourth-order valence-corrected chi connectivity index (χ4v) is 1.66. The predicted octanol–water partition coefficient (Wildman–Crippen LogP) is 2.12. The number of carbonyl (C=O) groups is 1. The molecule has 5 heteroatoms. The molecule has 0 bridgehead atoms. The van der Waals surface area contributed by atoms with Gasteiger partial charge in [-0.2, -0.15) is 0 Å². The number of primary amides is 1. The Bertz CT molecular complexity index is 594. The zero-order chi connectivity index (χ0) is 13.8. The smallest absolute Gasteiger partial charge is 0.248 e. The summed E-state index contributed by atoms with van der Waals surface area (Å²) < 4.78 is 5.08. The normalized spacial score (nSPS) is 9.95. The first-order valence-electron chi connectivity index (χ1n) is 5.70. The summed E-state index contributed by atoms with van der Waals surface area (Å²) in [5.74, 6) is 0.283. The van der Waals surface area contributed by atoms with E-state index in [1.165, 1.54) is 0 Å². The summed E-state index contributed by atoms with van der Waals surface area (Å²) in [6.45, 7) is 0. The number of amides is 1. The van der Waals surface area contributed by atoms with Crippen molar-refractivity contribution in [2.45, 2.75) is 0 Å². The number of nitrogens with one attached hydrogen (secondary N) is 1. The number of rotatable bonds is 4. The molecule has 0 atom stereocenters. The van der Waals surface area contributed by atoms with Crippen molar-refractivity contribution in [1.29, 1.82) is 0 Å². The second kappa shape index (κ2) is 5.30. The van der Waals surface area contributed by atoms with Crippen molar-refractivity contribution >= 4 is 23.0 Å². The lowest BCUT2D eigenvalue weighted by atomic mass is 10.1. The lowest BCUT2D eigenvalue weighted by Gasteiger charge is -2.10. The molecule has 0 spiro atoms. The van der Waals surface area contributed by atoms with Gasteiger partial charge in [-0.05, 0) is 42.5 Å². The van der Waals surface area contributed by atoms with E-state index in [0.717, 1.165) is 17.1 Å². The van der Waals surface area contributed by atoms with Gasteiger partial charge >= 0.3 is 0 Å². The molecule has 2 aromatic rings. The molecule has 0 aliphatic heterocycles. The number of benzene rings is 2. The fourth-order valence-electron chi connectivity index (χ4n) is 1.66. The Kier molecular flexibility index (Phi) is 3.56. The van der Waals surface area contributed by atoms with Crippen LogP contribution in [0.1, 0.15) is 10.4 Å². The first-order chi connectivity index (χ1) is 9.10. The van der Waals surface area contributed by atoms with Crippen molar-refractivity contribution in [1.82, 2.24) is 0 Å². The Morgan fingerprint density at radius 1 is 1.16 bits per heavy atom. The van der Waals surface area contributed by atoms with Crippen LogP contribution in [0.3, 0.4) is 0 Å². The van der Waals surface area contributed by atoms with E-state index < -0.39 is 5.91 Å². The molecule has 0 unspecified atom stereocenters.